The monoisotopic (exact) mass is 610 g/mol. The molecule has 0 atom stereocenters. The van der Waals surface area contributed by atoms with Crippen LogP contribution in [0.4, 0.5) is 0 Å². The number of ether oxygens (including phenoxy) is 1. The smallest absolute Gasteiger partial charge is 0.159 e. The summed E-state index contributed by atoms with van der Waals surface area (Å²) < 4.78 is 11.5. The molecule has 0 N–H and O–H groups in total. The summed E-state index contributed by atoms with van der Waals surface area (Å²) in [6, 6.07) is 44.5. The summed E-state index contributed by atoms with van der Waals surface area (Å²) in [6.07, 6.45) is 0. The SMILES string of the molecule is CC(C)(C)c1ccc2c(c1)c1cc(C(C)(C)C)ccc1n2-c1ccc(-c2cccc3c2Oc2cccc4c5ccccc5n-3c24)cc1. The minimum atomic E-state index is 0.0715. The zero-order valence-corrected chi connectivity index (χ0v) is 27.8. The van der Waals surface area contributed by atoms with Gasteiger partial charge in [-0.25, -0.2) is 0 Å². The van der Waals surface area contributed by atoms with E-state index in [-0.39, 0.29) is 10.8 Å². The zero-order chi connectivity index (χ0) is 32.2. The van der Waals surface area contributed by atoms with E-state index >= 15 is 0 Å². The van der Waals surface area contributed by atoms with Crippen molar-refractivity contribution in [3.8, 4) is 34.0 Å². The third-order valence-electron chi connectivity index (χ3n) is 10.0. The largest absolute Gasteiger partial charge is 0.452 e. The molecular weight excluding hydrogens is 572 g/mol. The van der Waals surface area contributed by atoms with Gasteiger partial charge in [-0.15, -0.1) is 0 Å². The summed E-state index contributed by atoms with van der Waals surface area (Å²) in [6.45, 7) is 13.7. The molecule has 3 nitrogen and oxygen atoms in total. The predicted molar refractivity (Wildman–Crippen MR) is 198 cm³/mol. The van der Waals surface area contributed by atoms with Crippen LogP contribution in [0.3, 0.4) is 0 Å². The number of hydrogen-bond acceptors (Lipinski definition) is 1. The van der Waals surface area contributed by atoms with Gasteiger partial charge in [0.15, 0.2) is 11.5 Å². The molecule has 0 unspecified atom stereocenters. The average Bonchev–Trinajstić information content (AvgIpc) is 3.58. The van der Waals surface area contributed by atoms with Crippen LogP contribution in [0.1, 0.15) is 52.7 Å². The molecule has 0 radical (unpaired) electrons. The van der Waals surface area contributed by atoms with E-state index in [1.807, 2.05) is 0 Å². The van der Waals surface area contributed by atoms with Crippen molar-refractivity contribution in [1.82, 2.24) is 9.13 Å². The highest BCUT2D eigenvalue weighted by atomic mass is 16.5. The number of hydrogen-bond donors (Lipinski definition) is 0. The second kappa shape index (κ2) is 9.62. The maximum atomic E-state index is 6.73. The van der Waals surface area contributed by atoms with Crippen molar-refractivity contribution < 1.29 is 4.74 Å². The molecule has 0 fully saturated rings. The Bertz CT molecular complexity index is 2480. The van der Waals surface area contributed by atoms with Crippen molar-refractivity contribution in [2.75, 3.05) is 0 Å². The Hall–Kier alpha value is -5.28. The van der Waals surface area contributed by atoms with Crippen LogP contribution in [0.2, 0.25) is 0 Å². The summed E-state index contributed by atoms with van der Waals surface area (Å²) in [5.74, 6) is 1.78. The lowest BCUT2D eigenvalue weighted by Gasteiger charge is -2.23. The van der Waals surface area contributed by atoms with E-state index in [2.05, 4.69) is 172 Å². The lowest BCUT2D eigenvalue weighted by molar-refractivity contribution is 0.478. The highest BCUT2D eigenvalue weighted by Gasteiger charge is 2.26. The van der Waals surface area contributed by atoms with Crippen LogP contribution in [0, 0.1) is 0 Å². The summed E-state index contributed by atoms with van der Waals surface area (Å²) in [5, 5.41) is 5.06. The molecule has 6 aromatic carbocycles. The fourth-order valence-electron chi connectivity index (χ4n) is 7.49. The molecule has 0 aliphatic carbocycles. The first-order chi connectivity index (χ1) is 22.6. The molecule has 1 aliphatic rings. The molecule has 3 heteroatoms. The normalized spacial score (nSPS) is 13.1. The minimum absolute atomic E-state index is 0.0715. The molecule has 3 heterocycles. The average molecular weight is 611 g/mol. The topological polar surface area (TPSA) is 19.1 Å². The van der Waals surface area contributed by atoms with Gasteiger partial charge in [0.1, 0.15) is 0 Å². The first-order valence-electron chi connectivity index (χ1n) is 16.6. The van der Waals surface area contributed by atoms with E-state index in [4.69, 9.17) is 4.74 Å². The Labute approximate surface area is 275 Å². The molecule has 0 amide bonds. The van der Waals surface area contributed by atoms with Crippen molar-refractivity contribution in [3.63, 3.8) is 0 Å². The molecule has 0 spiro atoms. The molecule has 9 rings (SSSR count). The summed E-state index contributed by atoms with van der Waals surface area (Å²) in [7, 11) is 0. The Morgan fingerprint density at radius 2 is 1.09 bits per heavy atom. The Kier molecular flexibility index (Phi) is 5.73. The lowest BCUT2D eigenvalue weighted by atomic mass is 9.85. The van der Waals surface area contributed by atoms with Gasteiger partial charge < -0.3 is 13.9 Å². The van der Waals surface area contributed by atoms with Gasteiger partial charge in [0, 0.05) is 32.8 Å². The van der Waals surface area contributed by atoms with Gasteiger partial charge in [0.05, 0.1) is 27.8 Å². The van der Waals surface area contributed by atoms with Gasteiger partial charge in [-0.2, -0.15) is 0 Å². The summed E-state index contributed by atoms with van der Waals surface area (Å²) >= 11 is 0. The molecule has 1 aliphatic heterocycles. The number of fused-ring (bicyclic) bond motifs is 8. The number of aromatic nitrogens is 2. The highest BCUT2D eigenvalue weighted by molar-refractivity contribution is 6.12. The van der Waals surface area contributed by atoms with Gasteiger partial charge in [-0.05, 0) is 82.1 Å². The quantitative estimate of drug-likeness (QED) is 0.191. The van der Waals surface area contributed by atoms with Crippen molar-refractivity contribution in [2.45, 2.75) is 52.4 Å². The molecule has 0 bridgehead atoms. The Morgan fingerprint density at radius 3 is 1.74 bits per heavy atom. The Morgan fingerprint density at radius 1 is 0.489 bits per heavy atom. The van der Waals surface area contributed by atoms with Crippen molar-refractivity contribution >= 4 is 43.6 Å². The van der Waals surface area contributed by atoms with Crippen molar-refractivity contribution in [2.24, 2.45) is 0 Å². The molecule has 8 aromatic rings. The highest BCUT2D eigenvalue weighted by Crippen LogP contribution is 2.49. The molecular formula is C44H38N2O. The van der Waals surface area contributed by atoms with Crippen LogP contribution in [0.5, 0.6) is 11.5 Å². The van der Waals surface area contributed by atoms with E-state index in [0.29, 0.717) is 0 Å². The van der Waals surface area contributed by atoms with Crippen LogP contribution in [0.15, 0.2) is 121 Å². The van der Waals surface area contributed by atoms with Gasteiger partial charge in [0.2, 0.25) is 0 Å². The van der Waals surface area contributed by atoms with E-state index < -0.39 is 0 Å². The lowest BCUT2D eigenvalue weighted by Crippen LogP contribution is -2.10. The second-order valence-electron chi connectivity index (χ2n) is 15.1. The molecule has 0 saturated heterocycles. The number of nitrogens with zero attached hydrogens (tertiary/aromatic N) is 2. The minimum Gasteiger partial charge on any atom is -0.452 e. The number of benzene rings is 6. The van der Waals surface area contributed by atoms with Crippen LogP contribution in [-0.4, -0.2) is 9.13 Å². The van der Waals surface area contributed by atoms with Crippen molar-refractivity contribution in [1.29, 1.82) is 0 Å². The summed E-state index contributed by atoms with van der Waals surface area (Å²) in [5.41, 5.74) is 12.1. The fourth-order valence-corrected chi connectivity index (χ4v) is 7.49. The maximum absolute atomic E-state index is 6.73. The fraction of sp³-hybridized carbons (Fsp3) is 0.182. The third-order valence-corrected chi connectivity index (χ3v) is 10.0. The molecule has 47 heavy (non-hydrogen) atoms. The second-order valence-corrected chi connectivity index (χ2v) is 15.1. The Balaban J connectivity index is 1.20. The van der Waals surface area contributed by atoms with Gasteiger partial charge in [-0.3, -0.25) is 0 Å². The van der Waals surface area contributed by atoms with Gasteiger partial charge >= 0.3 is 0 Å². The van der Waals surface area contributed by atoms with E-state index in [9.17, 15) is 0 Å². The molecule has 230 valence electrons. The van der Waals surface area contributed by atoms with E-state index in [1.54, 1.807) is 0 Å². The van der Waals surface area contributed by atoms with Crippen molar-refractivity contribution in [3.05, 3.63) is 132 Å². The first-order valence-corrected chi connectivity index (χ1v) is 16.6. The van der Waals surface area contributed by atoms with E-state index in [1.165, 1.54) is 49.2 Å². The van der Waals surface area contributed by atoms with Crippen LogP contribution in [-0.2, 0) is 10.8 Å². The summed E-state index contributed by atoms with van der Waals surface area (Å²) in [4.78, 5) is 0. The van der Waals surface area contributed by atoms with E-state index in [0.717, 1.165) is 39.5 Å². The maximum Gasteiger partial charge on any atom is 0.159 e. The van der Waals surface area contributed by atoms with Crippen LogP contribution in [0.25, 0.3) is 66.1 Å². The van der Waals surface area contributed by atoms with Crippen LogP contribution >= 0.6 is 0 Å². The number of para-hydroxylation sites is 3. The van der Waals surface area contributed by atoms with Gasteiger partial charge in [-0.1, -0.05) is 108 Å². The van der Waals surface area contributed by atoms with Gasteiger partial charge in [0.25, 0.3) is 0 Å². The predicted octanol–water partition coefficient (Wildman–Crippen LogP) is 12.2. The standard InChI is InChI=1S/C44H38N2O/c1-43(2,3)28-19-23-37-34(25-28)35-26-29(44(4,5)6)20-24-38(35)45(37)30-21-17-27(18-22-30)31-12-9-15-39-42(31)47-40-16-10-13-33-32-11-7-8-14-36(32)46(39)41(33)40/h7-26H,1-6H3. The molecule has 2 aromatic heterocycles. The first kappa shape index (κ1) is 28.0. The molecule has 0 saturated carbocycles. The number of rotatable bonds is 2. The third kappa shape index (κ3) is 4.12. The van der Waals surface area contributed by atoms with Crippen LogP contribution < -0.4 is 4.74 Å². The zero-order valence-electron chi connectivity index (χ0n) is 27.8.